The lowest BCUT2D eigenvalue weighted by Crippen LogP contribution is -2.55. The number of benzene rings is 1. The molecule has 1 N–H and O–H groups in total. The number of nitrogens with zero attached hydrogens (tertiary/aromatic N) is 3. The fourth-order valence-electron chi connectivity index (χ4n) is 4.67. The Kier molecular flexibility index (Phi) is 9.16. The molecule has 2 fully saturated rings. The molecule has 2 aliphatic rings. The van der Waals surface area contributed by atoms with Crippen LogP contribution in [0.2, 0.25) is 0 Å². The number of aliphatic hydroxyl groups is 1. The molecular weight excluding hydrogens is 438 g/mol. The molecular formula is C25H39N3O6. The van der Waals surface area contributed by atoms with E-state index in [1.54, 1.807) is 16.7 Å². The van der Waals surface area contributed by atoms with Crippen LogP contribution in [0.25, 0.3) is 0 Å². The SMILES string of the molecule is CCOC(=O)N1CCC(N2CCN(C(=O)COC)CC(O)(COc3ccc(C)c(C)c3)C2)CC1. The highest BCUT2D eigenvalue weighted by Gasteiger charge is 2.40. The van der Waals surface area contributed by atoms with Crippen molar-refractivity contribution in [3.05, 3.63) is 29.3 Å². The van der Waals surface area contributed by atoms with Crippen molar-refractivity contribution >= 4 is 12.0 Å². The number of piperidine rings is 1. The zero-order valence-electron chi connectivity index (χ0n) is 20.9. The minimum absolute atomic E-state index is 0.0218. The van der Waals surface area contributed by atoms with Crippen molar-refractivity contribution in [3.63, 3.8) is 0 Å². The molecule has 2 heterocycles. The molecule has 0 aliphatic carbocycles. The van der Waals surface area contributed by atoms with Gasteiger partial charge in [-0.15, -0.1) is 0 Å². The summed E-state index contributed by atoms with van der Waals surface area (Å²) in [6, 6.07) is 6.07. The first-order valence-corrected chi connectivity index (χ1v) is 12.1. The maximum atomic E-state index is 12.6. The molecule has 0 saturated carbocycles. The van der Waals surface area contributed by atoms with Gasteiger partial charge in [0.05, 0.1) is 13.2 Å². The van der Waals surface area contributed by atoms with Gasteiger partial charge in [-0.3, -0.25) is 9.69 Å². The highest BCUT2D eigenvalue weighted by atomic mass is 16.6. The van der Waals surface area contributed by atoms with Crippen LogP contribution in [0.5, 0.6) is 5.75 Å². The quantitative estimate of drug-likeness (QED) is 0.641. The van der Waals surface area contributed by atoms with Crippen molar-refractivity contribution in [1.82, 2.24) is 14.7 Å². The number of ether oxygens (including phenoxy) is 3. The van der Waals surface area contributed by atoms with E-state index < -0.39 is 5.60 Å². The highest BCUT2D eigenvalue weighted by Crippen LogP contribution is 2.25. The van der Waals surface area contributed by atoms with E-state index in [9.17, 15) is 14.7 Å². The predicted molar refractivity (Wildman–Crippen MR) is 128 cm³/mol. The van der Waals surface area contributed by atoms with E-state index in [2.05, 4.69) is 4.90 Å². The summed E-state index contributed by atoms with van der Waals surface area (Å²) in [7, 11) is 1.49. The van der Waals surface area contributed by atoms with Gasteiger partial charge in [-0.25, -0.2) is 4.79 Å². The molecule has 2 amide bonds. The monoisotopic (exact) mass is 477 g/mol. The van der Waals surface area contributed by atoms with E-state index in [1.807, 2.05) is 32.0 Å². The summed E-state index contributed by atoms with van der Waals surface area (Å²) in [5, 5.41) is 11.6. The van der Waals surface area contributed by atoms with Crippen molar-refractivity contribution in [3.8, 4) is 5.75 Å². The molecule has 1 aromatic carbocycles. The zero-order valence-corrected chi connectivity index (χ0v) is 20.9. The lowest BCUT2D eigenvalue weighted by molar-refractivity contribution is -0.138. The lowest BCUT2D eigenvalue weighted by Gasteiger charge is -2.40. The number of hydrogen-bond acceptors (Lipinski definition) is 7. The van der Waals surface area contributed by atoms with Gasteiger partial charge in [0.1, 0.15) is 24.6 Å². The third-order valence-corrected chi connectivity index (χ3v) is 6.75. The number of β-amino-alcohol motifs (C(OH)–C–C–N with tert-alkyl or cyclic N) is 1. The topological polar surface area (TPSA) is 91.8 Å². The third-order valence-electron chi connectivity index (χ3n) is 6.75. The highest BCUT2D eigenvalue weighted by molar-refractivity contribution is 5.77. The Morgan fingerprint density at radius 3 is 2.44 bits per heavy atom. The van der Waals surface area contributed by atoms with Crippen LogP contribution >= 0.6 is 0 Å². The van der Waals surface area contributed by atoms with Gasteiger partial charge >= 0.3 is 6.09 Å². The van der Waals surface area contributed by atoms with Crippen molar-refractivity contribution < 1.29 is 28.9 Å². The van der Waals surface area contributed by atoms with Crippen molar-refractivity contribution in [1.29, 1.82) is 0 Å². The maximum Gasteiger partial charge on any atom is 0.409 e. The Balaban J connectivity index is 1.70. The number of rotatable bonds is 7. The predicted octanol–water partition coefficient (Wildman–Crippen LogP) is 1.82. The van der Waals surface area contributed by atoms with Crippen molar-refractivity contribution in [2.75, 3.05) is 66.2 Å². The van der Waals surface area contributed by atoms with Gasteiger partial charge in [-0.2, -0.15) is 0 Å². The molecule has 2 aliphatic heterocycles. The summed E-state index contributed by atoms with van der Waals surface area (Å²) in [5.74, 6) is 0.552. The van der Waals surface area contributed by atoms with Crippen LogP contribution in [-0.4, -0.2) is 110 Å². The number of aryl methyl sites for hydroxylation is 2. The number of carbonyl (C=O) groups is 2. The van der Waals surface area contributed by atoms with Crippen LogP contribution < -0.4 is 4.74 Å². The maximum absolute atomic E-state index is 12.6. The Morgan fingerprint density at radius 1 is 1.06 bits per heavy atom. The fourth-order valence-corrected chi connectivity index (χ4v) is 4.67. The van der Waals surface area contributed by atoms with Gasteiger partial charge in [0, 0.05) is 45.9 Å². The summed E-state index contributed by atoms with van der Waals surface area (Å²) in [6.45, 7) is 9.24. The molecule has 34 heavy (non-hydrogen) atoms. The minimum Gasteiger partial charge on any atom is -0.490 e. The second-order valence-corrected chi connectivity index (χ2v) is 9.40. The molecule has 0 spiro atoms. The number of amides is 2. The van der Waals surface area contributed by atoms with E-state index in [4.69, 9.17) is 14.2 Å². The molecule has 0 radical (unpaired) electrons. The largest absolute Gasteiger partial charge is 0.490 e. The second kappa shape index (κ2) is 11.9. The molecule has 190 valence electrons. The van der Waals surface area contributed by atoms with Crippen LogP contribution in [0.3, 0.4) is 0 Å². The molecule has 1 atom stereocenters. The summed E-state index contributed by atoms with van der Waals surface area (Å²) < 4.78 is 16.2. The molecule has 3 rings (SSSR count). The smallest absolute Gasteiger partial charge is 0.409 e. The number of carbonyl (C=O) groups excluding carboxylic acids is 2. The van der Waals surface area contributed by atoms with Gasteiger partial charge in [0.2, 0.25) is 5.91 Å². The normalized spacial score (nSPS) is 22.4. The van der Waals surface area contributed by atoms with Crippen molar-refractivity contribution in [2.45, 2.75) is 45.3 Å². The van der Waals surface area contributed by atoms with Crippen LogP contribution in [0, 0.1) is 13.8 Å². The molecule has 0 bridgehead atoms. The summed E-state index contributed by atoms with van der Waals surface area (Å²) in [4.78, 5) is 30.3. The average molecular weight is 478 g/mol. The number of likely N-dealkylation sites (tertiary alicyclic amines) is 1. The van der Waals surface area contributed by atoms with Crippen LogP contribution in [0.1, 0.15) is 30.9 Å². The molecule has 0 aromatic heterocycles. The fraction of sp³-hybridized carbons (Fsp3) is 0.680. The van der Waals surface area contributed by atoms with E-state index in [0.717, 1.165) is 18.4 Å². The van der Waals surface area contributed by atoms with Gasteiger partial charge in [-0.05, 0) is 56.9 Å². The molecule has 9 heteroatoms. The van der Waals surface area contributed by atoms with E-state index in [0.29, 0.717) is 45.1 Å². The van der Waals surface area contributed by atoms with E-state index >= 15 is 0 Å². The summed E-state index contributed by atoms with van der Waals surface area (Å²) in [5.41, 5.74) is 1.06. The van der Waals surface area contributed by atoms with E-state index in [1.165, 1.54) is 12.7 Å². The number of methoxy groups -OCH3 is 1. The zero-order chi connectivity index (χ0) is 24.7. The average Bonchev–Trinajstić information content (AvgIpc) is 3.00. The Bertz CT molecular complexity index is 842. The van der Waals surface area contributed by atoms with Crippen LogP contribution in [0.15, 0.2) is 18.2 Å². The molecule has 9 nitrogen and oxygen atoms in total. The molecule has 1 unspecified atom stereocenters. The summed E-state index contributed by atoms with van der Waals surface area (Å²) in [6.07, 6.45) is 1.31. The first-order chi connectivity index (χ1) is 16.2. The van der Waals surface area contributed by atoms with Gasteiger partial charge in [-0.1, -0.05) is 6.07 Å². The van der Waals surface area contributed by atoms with E-state index in [-0.39, 0.29) is 37.8 Å². The van der Waals surface area contributed by atoms with Crippen LogP contribution in [0.4, 0.5) is 4.79 Å². The minimum atomic E-state index is -1.24. The van der Waals surface area contributed by atoms with Crippen LogP contribution in [-0.2, 0) is 14.3 Å². The number of hydrogen-bond donors (Lipinski definition) is 1. The Labute approximate surface area is 202 Å². The standard InChI is InChI=1S/C25H39N3O6/c1-5-33-24(30)26-10-8-21(9-11-26)27-12-13-28(23(29)15-32-4)17-25(31,16-27)18-34-22-7-6-19(2)20(3)14-22/h6-7,14,21,31H,5,8-13,15-18H2,1-4H3. The van der Waals surface area contributed by atoms with Gasteiger partial charge < -0.3 is 29.1 Å². The van der Waals surface area contributed by atoms with Crippen molar-refractivity contribution in [2.24, 2.45) is 0 Å². The van der Waals surface area contributed by atoms with Gasteiger partial charge in [0.25, 0.3) is 0 Å². The first kappa shape index (κ1) is 26.2. The Hall–Kier alpha value is -2.36. The lowest BCUT2D eigenvalue weighted by atomic mass is 9.99. The second-order valence-electron chi connectivity index (χ2n) is 9.40. The van der Waals surface area contributed by atoms with Gasteiger partial charge in [0.15, 0.2) is 0 Å². The third kappa shape index (κ3) is 6.84. The molecule has 2 saturated heterocycles. The first-order valence-electron chi connectivity index (χ1n) is 12.1. The Morgan fingerprint density at radius 2 is 1.79 bits per heavy atom. The molecule has 1 aromatic rings. The summed E-state index contributed by atoms with van der Waals surface area (Å²) >= 11 is 0.